The Morgan fingerprint density at radius 1 is 1.23 bits per heavy atom. The van der Waals surface area contributed by atoms with E-state index >= 15 is 0 Å². The number of halogens is 2. The molecule has 7 heteroatoms. The zero-order valence-corrected chi connectivity index (χ0v) is 15.6. The molecule has 1 aliphatic heterocycles. The average Bonchev–Trinajstić information content (AvgIpc) is 2.45. The van der Waals surface area contributed by atoms with E-state index in [-0.39, 0.29) is 30.7 Å². The standard InChI is InChI=1S/C15H31N3O2.2ClH/c1-14-7-3-5-10-18(14)11-6-4-8-17-15(19)13-16-9-12-20-2;;/h14,16H,3-13H2,1-2H3,(H,17,19);2*1H. The molecule has 5 nitrogen and oxygen atoms in total. The van der Waals surface area contributed by atoms with E-state index in [0.717, 1.165) is 25.6 Å². The summed E-state index contributed by atoms with van der Waals surface area (Å²) < 4.78 is 4.90. The van der Waals surface area contributed by atoms with Crippen LogP contribution in [0.1, 0.15) is 39.0 Å². The molecule has 0 aromatic heterocycles. The van der Waals surface area contributed by atoms with Gasteiger partial charge in [-0.3, -0.25) is 4.79 Å². The number of carbonyl (C=O) groups excluding carboxylic acids is 1. The third kappa shape index (κ3) is 11.5. The van der Waals surface area contributed by atoms with Crippen LogP contribution in [0, 0.1) is 0 Å². The Labute approximate surface area is 147 Å². The van der Waals surface area contributed by atoms with Crippen LogP contribution in [0.2, 0.25) is 0 Å². The molecule has 1 rings (SSSR count). The molecule has 0 aliphatic carbocycles. The summed E-state index contributed by atoms with van der Waals surface area (Å²) in [5, 5.41) is 5.99. The van der Waals surface area contributed by atoms with Gasteiger partial charge in [0, 0.05) is 26.2 Å². The van der Waals surface area contributed by atoms with Crippen molar-refractivity contribution in [1.29, 1.82) is 0 Å². The fourth-order valence-electron chi connectivity index (χ4n) is 2.60. The summed E-state index contributed by atoms with van der Waals surface area (Å²) in [6.45, 7) is 7.27. The van der Waals surface area contributed by atoms with Crippen molar-refractivity contribution in [3.05, 3.63) is 0 Å². The molecule has 2 N–H and O–H groups in total. The van der Waals surface area contributed by atoms with Gasteiger partial charge in [0.05, 0.1) is 13.2 Å². The first-order valence-electron chi connectivity index (χ1n) is 7.94. The summed E-state index contributed by atoms with van der Waals surface area (Å²) in [6.07, 6.45) is 6.29. The Kier molecular flexibility index (Phi) is 17.4. The van der Waals surface area contributed by atoms with E-state index in [0.29, 0.717) is 13.2 Å². The summed E-state index contributed by atoms with van der Waals surface area (Å²) in [7, 11) is 1.66. The number of amides is 1. The van der Waals surface area contributed by atoms with Crippen LogP contribution in [-0.2, 0) is 9.53 Å². The monoisotopic (exact) mass is 357 g/mol. The Balaban J connectivity index is 0. The number of unbranched alkanes of at least 4 members (excludes halogenated alkanes) is 1. The van der Waals surface area contributed by atoms with Crippen molar-refractivity contribution in [1.82, 2.24) is 15.5 Å². The molecular weight excluding hydrogens is 325 g/mol. The van der Waals surface area contributed by atoms with Crippen LogP contribution in [0.15, 0.2) is 0 Å². The SMILES string of the molecule is COCCNCC(=O)NCCCCN1CCCCC1C.Cl.Cl. The number of methoxy groups -OCH3 is 1. The van der Waals surface area contributed by atoms with E-state index in [1.807, 2.05) is 0 Å². The summed E-state index contributed by atoms with van der Waals surface area (Å²) in [5.41, 5.74) is 0. The molecule has 1 unspecified atom stereocenters. The highest BCUT2D eigenvalue weighted by molar-refractivity contribution is 5.85. The van der Waals surface area contributed by atoms with Crippen molar-refractivity contribution in [2.75, 3.05) is 46.4 Å². The number of ether oxygens (including phenoxy) is 1. The van der Waals surface area contributed by atoms with Crippen molar-refractivity contribution in [2.24, 2.45) is 0 Å². The van der Waals surface area contributed by atoms with Crippen LogP contribution < -0.4 is 10.6 Å². The smallest absolute Gasteiger partial charge is 0.233 e. The Bertz CT molecular complexity index is 271. The van der Waals surface area contributed by atoms with Crippen molar-refractivity contribution >= 4 is 30.7 Å². The van der Waals surface area contributed by atoms with Crippen LogP contribution in [0.5, 0.6) is 0 Å². The van der Waals surface area contributed by atoms with E-state index in [9.17, 15) is 4.79 Å². The van der Waals surface area contributed by atoms with Crippen molar-refractivity contribution < 1.29 is 9.53 Å². The van der Waals surface area contributed by atoms with Crippen molar-refractivity contribution in [2.45, 2.75) is 45.1 Å². The van der Waals surface area contributed by atoms with Crippen LogP contribution in [0.4, 0.5) is 0 Å². The molecule has 22 heavy (non-hydrogen) atoms. The number of likely N-dealkylation sites (tertiary alicyclic amines) is 1. The number of nitrogens with zero attached hydrogens (tertiary/aromatic N) is 1. The number of nitrogens with one attached hydrogen (secondary N) is 2. The van der Waals surface area contributed by atoms with Crippen LogP contribution in [-0.4, -0.2) is 63.3 Å². The predicted molar refractivity (Wildman–Crippen MR) is 96.4 cm³/mol. The number of hydrogen-bond donors (Lipinski definition) is 2. The maximum absolute atomic E-state index is 11.5. The third-order valence-corrected chi connectivity index (χ3v) is 3.90. The zero-order valence-electron chi connectivity index (χ0n) is 13.9. The molecule has 0 aromatic carbocycles. The van der Waals surface area contributed by atoms with Gasteiger partial charge in [-0.05, 0) is 45.7 Å². The van der Waals surface area contributed by atoms with Gasteiger partial charge < -0.3 is 20.3 Å². The third-order valence-electron chi connectivity index (χ3n) is 3.90. The molecule has 1 atom stereocenters. The van der Waals surface area contributed by atoms with Crippen molar-refractivity contribution in [3.8, 4) is 0 Å². The van der Waals surface area contributed by atoms with Crippen LogP contribution >= 0.6 is 24.8 Å². The molecule has 1 saturated heterocycles. The van der Waals surface area contributed by atoms with Gasteiger partial charge in [-0.15, -0.1) is 24.8 Å². The highest BCUT2D eigenvalue weighted by Gasteiger charge is 2.16. The van der Waals surface area contributed by atoms with E-state index in [4.69, 9.17) is 4.74 Å². The maximum atomic E-state index is 11.5. The Morgan fingerprint density at radius 3 is 2.68 bits per heavy atom. The van der Waals surface area contributed by atoms with Gasteiger partial charge in [0.1, 0.15) is 0 Å². The topological polar surface area (TPSA) is 53.6 Å². The van der Waals surface area contributed by atoms with Gasteiger partial charge in [0.15, 0.2) is 0 Å². The predicted octanol–water partition coefficient (Wildman–Crippen LogP) is 1.84. The molecule has 1 amide bonds. The summed E-state index contributed by atoms with van der Waals surface area (Å²) >= 11 is 0. The first kappa shape index (κ1) is 24.2. The zero-order chi connectivity index (χ0) is 14.6. The van der Waals surface area contributed by atoms with Crippen LogP contribution in [0.25, 0.3) is 0 Å². The van der Waals surface area contributed by atoms with E-state index in [1.54, 1.807) is 7.11 Å². The normalized spacial score (nSPS) is 18.2. The average molecular weight is 358 g/mol. The number of piperidine rings is 1. The highest BCUT2D eigenvalue weighted by Crippen LogP contribution is 2.16. The van der Waals surface area contributed by atoms with Gasteiger partial charge >= 0.3 is 0 Å². The fourth-order valence-corrected chi connectivity index (χ4v) is 2.60. The van der Waals surface area contributed by atoms with Gasteiger partial charge in [-0.25, -0.2) is 0 Å². The van der Waals surface area contributed by atoms with E-state index in [1.165, 1.54) is 38.8 Å². The number of carbonyl (C=O) groups is 1. The van der Waals surface area contributed by atoms with Gasteiger partial charge in [-0.1, -0.05) is 6.42 Å². The molecule has 1 heterocycles. The van der Waals surface area contributed by atoms with E-state index < -0.39 is 0 Å². The van der Waals surface area contributed by atoms with Gasteiger partial charge in [0.2, 0.25) is 5.91 Å². The quantitative estimate of drug-likeness (QED) is 0.585. The first-order valence-corrected chi connectivity index (χ1v) is 7.94. The molecule has 0 radical (unpaired) electrons. The Morgan fingerprint density at radius 2 is 2.00 bits per heavy atom. The molecule has 1 aliphatic rings. The van der Waals surface area contributed by atoms with Gasteiger partial charge in [0.25, 0.3) is 0 Å². The van der Waals surface area contributed by atoms with Gasteiger partial charge in [-0.2, -0.15) is 0 Å². The summed E-state index contributed by atoms with van der Waals surface area (Å²) in [6, 6.07) is 0.739. The minimum Gasteiger partial charge on any atom is -0.383 e. The minimum atomic E-state index is 0. The lowest BCUT2D eigenvalue weighted by Gasteiger charge is -2.33. The summed E-state index contributed by atoms with van der Waals surface area (Å²) in [4.78, 5) is 14.1. The number of hydrogen-bond acceptors (Lipinski definition) is 4. The first-order chi connectivity index (χ1) is 9.74. The lowest BCUT2D eigenvalue weighted by atomic mass is 10.0. The molecule has 0 spiro atoms. The maximum Gasteiger partial charge on any atom is 0.233 e. The Hall–Kier alpha value is -0.0700. The lowest BCUT2D eigenvalue weighted by Crippen LogP contribution is -2.38. The van der Waals surface area contributed by atoms with Crippen molar-refractivity contribution in [3.63, 3.8) is 0 Å². The van der Waals surface area contributed by atoms with E-state index in [2.05, 4.69) is 22.5 Å². The minimum absolute atomic E-state index is 0. The molecule has 0 aromatic rings. The molecule has 0 bridgehead atoms. The van der Waals surface area contributed by atoms with Crippen LogP contribution in [0.3, 0.4) is 0 Å². The fraction of sp³-hybridized carbons (Fsp3) is 0.933. The highest BCUT2D eigenvalue weighted by atomic mass is 35.5. The lowest BCUT2D eigenvalue weighted by molar-refractivity contribution is -0.120. The second-order valence-electron chi connectivity index (χ2n) is 5.61. The molecular formula is C15H33Cl2N3O2. The number of rotatable bonds is 10. The largest absolute Gasteiger partial charge is 0.383 e. The summed E-state index contributed by atoms with van der Waals surface area (Å²) in [5.74, 6) is 0.0763. The molecule has 134 valence electrons. The second kappa shape index (κ2) is 15.8. The second-order valence-corrected chi connectivity index (χ2v) is 5.61. The molecule has 1 fully saturated rings. The molecule has 0 saturated carbocycles.